The first kappa shape index (κ1) is 13.5. The molecule has 1 saturated carbocycles. The van der Waals surface area contributed by atoms with Crippen molar-refractivity contribution in [3.8, 4) is 0 Å². The first-order valence-corrected chi connectivity index (χ1v) is 6.18. The van der Waals surface area contributed by atoms with Crippen molar-refractivity contribution in [2.24, 2.45) is 5.92 Å². The number of nitrogens with one attached hydrogen (secondary N) is 1. The van der Waals surface area contributed by atoms with E-state index in [1.54, 1.807) is 7.11 Å². The maximum Gasteiger partial charge on any atom is 0.223 e. The molecule has 0 aromatic carbocycles. The molecule has 1 unspecified atom stereocenters. The third-order valence-corrected chi connectivity index (χ3v) is 3.17. The minimum Gasteiger partial charge on any atom is -0.396 e. The van der Waals surface area contributed by atoms with Gasteiger partial charge in [0, 0.05) is 19.6 Å². The SMILES string of the molecule is COCC(CCO)NC(=O)C1CCCCC1. The van der Waals surface area contributed by atoms with Gasteiger partial charge >= 0.3 is 0 Å². The molecule has 4 nitrogen and oxygen atoms in total. The van der Waals surface area contributed by atoms with Crippen LogP contribution in [0.4, 0.5) is 0 Å². The summed E-state index contributed by atoms with van der Waals surface area (Å²) in [6, 6.07) is -0.0515. The predicted molar refractivity (Wildman–Crippen MR) is 62.1 cm³/mol. The van der Waals surface area contributed by atoms with Crippen LogP contribution >= 0.6 is 0 Å². The van der Waals surface area contributed by atoms with Crippen molar-refractivity contribution in [1.82, 2.24) is 5.32 Å². The molecule has 0 radical (unpaired) electrons. The third kappa shape index (κ3) is 4.49. The molecule has 1 rings (SSSR count). The Kier molecular flexibility index (Phi) is 6.42. The molecular weight excluding hydrogens is 206 g/mol. The van der Waals surface area contributed by atoms with Crippen LogP contribution < -0.4 is 5.32 Å². The highest BCUT2D eigenvalue weighted by Gasteiger charge is 2.23. The van der Waals surface area contributed by atoms with Crippen molar-refractivity contribution >= 4 is 5.91 Å². The standard InChI is InChI=1S/C12H23NO3/c1-16-9-11(7-8-14)13-12(15)10-5-3-2-4-6-10/h10-11,14H,2-9H2,1H3,(H,13,15). The van der Waals surface area contributed by atoms with Crippen molar-refractivity contribution in [3.05, 3.63) is 0 Å². The van der Waals surface area contributed by atoms with Crippen molar-refractivity contribution in [1.29, 1.82) is 0 Å². The molecule has 94 valence electrons. The van der Waals surface area contributed by atoms with Gasteiger partial charge < -0.3 is 15.2 Å². The van der Waals surface area contributed by atoms with Gasteiger partial charge in [0.2, 0.25) is 5.91 Å². The lowest BCUT2D eigenvalue weighted by molar-refractivity contribution is -0.127. The zero-order valence-electron chi connectivity index (χ0n) is 10.1. The van der Waals surface area contributed by atoms with Crippen molar-refractivity contribution < 1.29 is 14.6 Å². The number of aliphatic hydroxyl groups excluding tert-OH is 1. The summed E-state index contributed by atoms with van der Waals surface area (Å²) in [6.45, 7) is 0.554. The van der Waals surface area contributed by atoms with Crippen LogP contribution in [0.25, 0.3) is 0 Å². The van der Waals surface area contributed by atoms with Gasteiger partial charge in [-0.3, -0.25) is 4.79 Å². The van der Waals surface area contributed by atoms with Crippen LogP contribution in [-0.2, 0) is 9.53 Å². The molecule has 0 heterocycles. The zero-order valence-corrected chi connectivity index (χ0v) is 10.1. The van der Waals surface area contributed by atoms with Gasteiger partial charge in [0.25, 0.3) is 0 Å². The molecule has 1 aliphatic rings. The van der Waals surface area contributed by atoms with E-state index in [1.807, 2.05) is 0 Å². The van der Waals surface area contributed by atoms with Crippen LogP contribution in [0.3, 0.4) is 0 Å². The van der Waals surface area contributed by atoms with E-state index in [-0.39, 0.29) is 24.5 Å². The number of hydrogen-bond acceptors (Lipinski definition) is 3. The normalized spacial score (nSPS) is 19.4. The fourth-order valence-electron chi connectivity index (χ4n) is 2.24. The second-order valence-corrected chi connectivity index (χ2v) is 4.51. The monoisotopic (exact) mass is 229 g/mol. The minimum atomic E-state index is -0.0515. The first-order valence-electron chi connectivity index (χ1n) is 6.18. The molecule has 0 bridgehead atoms. The zero-order chi connectivity index (χ0) is 11.8. The van der Waals surface area contributed by atoms with Crippen LogP contribution in [-0.4, -0.2) is 37.4 Å². The van der Waals surface area contributed by atoms with E-state index in [0.717, 1.165) is 25.7 Å². The number of amides is 1. The summed E-state index contributed by atoms with van der Waals surface area (Å²) in [5.74, 6) is 0.307. The number of aliphatic hydroxyl groups is 1. The van der Waals surface area contributed by atoms with E-state index >= 15 is 0 Å². The van der Waals surface area contributed by atoms with Crippen LogP contribution in [0.1, 0.15) is 38.5 Å². The van der Waals surface area contributed by atoms with Gasteiger partial charge in [0.1, 0.15) is 0 Å². The topological polar surface area (TPSA) is 58.6 Å². The van der Waals surface area contributed by atoms with Gasteiger partial charge in [-0.25, -0.2) is 0 Å². The number of carbonyl (C=O) groups excluding carboxylic acids is 1. The lowest BCUT2D eigenvalue weighted by atomic mass is 9.88. The molecule has 2 N–H and O–H groups in total. The number of ether oxygens (including phenoxy) is 1. The highest BCUT2D eigenvalue weighted by Crippen LogP contribution is 2.23. The molecule has 1 aliphatic carbocycles. The molecule has 16 heavy (non-hydrogen) atoms. The average molecular weight is 229 g/mol. The average Bonchev–Trinajstić information content (AvgIpc) is 2.31. The maximum absolute atomic E-state index is 11.9. The molecule has 1 atom stereocenters. The van der Waals surface area contributed by atoms with E-state index in [4.69, 9.17) is 9.84 Å². The molecule has 0 aromatic rings. The summed E-state index contributed by atoms with van der Waals surface area (Å²) < 4.78 is 5.02. The van der Waals surface area contributed by atoms with Gasteiger partial charge in [-0.05, 0) is 19.3 Å². The summed E-state index contributed by atoms with van der Waals surface area (Å²) in [5, 5.41) is 11.8. The Morgan fingerprint density at radius 1 is 1.44 bits per heavy atom. The van der Waals surface area contributed by atoms with Gasteiger partial charge in [-0.2, -0.15) is 0 Å². The van der Waals surface area contributed by atoms with Crippen LogP contribution in [0.15, 0.2) is 0 Å². The summed E-state index contributed by atoms with van der Waals surface area (Å²) >= 11 is 0. The molecule has 1 amide bonds. The summed E-state index contributed by atoms with van der Waals surface area (Å²) in [6.07, 6.45) is 6.14. The number of methoxy groups -OCH3 is 1. The molecule has 0 saturated heterocycles. The summed E-state index contributed by atoms with van der Waals surface area (Å²) in [5.41, 5.74) is 0. The van der Waals surface area contributed by atoms with Crippen LogP contribution in [0, 0.1) is 5.92 Å². The molecule has 4 heteroatoms. The van der Waals surface area contributed by atoms with E-state index in [9.17, 15) is 4.79 Å². The smallest absolute Gasteiger partial charge is 0.223 e. The van der Waals surface area contributed by atoms with E-state index < -0.39 is 0 Å². The van der Waals surface area contributed by atoms with Crippen molar-refractivity contribution in [3.63, 3.8) is 0 Å². The summed E-state index contributed by atoms with van der Waals surface area (Å²) in [7, 11) is 1.61. The minimum absolute atomic E-state index is 0.0515. The van der Waals surface area contributed by atoms with Crippen LogP contribution in [0.2, 0.25) is 0 Å². The fourth-order valence-corrected chi connectivity index (χ4v) is 2.24. The molecule has 0 aliphatic heterocycles. The predicted octanol–water partition coefficient (Wildman–Crippen LogP) is 1.08. The fraction of sp³-hybridized carbons (Fsp3) is 0.917. The Morgan fingerprint density at radius 2 is 2.12 bits per heavy atom. The summed E-state index contributed by atoms with van der Waals surface area (Å²) in [4.78, 5) is 11.9. The second-order valence-electron chi connectivity index (χ2n) is 4.51. The van der Waals surface area contributed by atoms with Crippen molar-refractivity contribution in [2.45, 2.75) is 44.6 Å². The van der Waals surface area contributed by atoms with Gasteiger partial charge in [0.15, 0.2) is 0 Å². The van der Waals surface area contributed by atoms with Gasteiger partial charge in [-0.1, -0.05) is 19.3 Å². The number of carbonyl (C=O) groups is 1. The molecule has 1 fully saturated rings. The third-order valence-electron chi connectivity index (χ3n) is 3.17. The molecule has 0 spiro atoms. The Bertz CT molecular complexity index is 196. The molecule has 0 aromatic heterocycles. The Morgan fingerprint density at radius 3 is 2.69 bits per heavy atom. The van der Waals surface area contributed by atoms with E-state index in [2.05, 4.69) is 5.32 Å². The largest absolute Gasteiger partial charge is 0.396 e. The lowest BCUT2D eigenvalue weighted by Crippen LogP contribution is -2.42. The highest BCUT2D eigenvalue weighted by atomic mass is 16.5. The van der Waals surface area contributed by atoms with Crippen molar-refractivity contribution in [2.75, 3.05) is 20.3 Å². The van der Waals surface area contributed by atoms with E-state index in [0.29, 0.717) is 13.0 Å². The molecular formula is C12H23NO3. The second kappa shape index (κ2) is 7.63. The number of hydrogen-bond donors (Lipinski definition) is 2. The van der Waals surface area contributed by atoms with Gasteiger partial charge in [-0.15, -0.1) is 0 Å². The maximum atomic E-state index is 11.9. The van der Waals surface area contributed by atoms with Gasteiger partial charge in [0.05, 0.1) is 12.6 Å². The van der Waals surface area contributed by atoms with E-state index in [1.165, 1.54) is 6.42 Å². The Balaban J connectivity index is 2.33. The Labute approximate surface area is 97.4 Å². The number of rotatable bonds is 6. The van der Waals surface area contributed by atoms with Crippen LogP contribution in [0.5, 0.6) is 0 Å². The quantitative estimate of drug-likeness (QED) is 0.716. The Hall–Kier alpha value is -0.610. The lowest BCUT2D eigenvalue weighted by Gasteiger charge is -2.24. The first-order chi connectivity index (χ1) is 7.77. The highest BCUT2D eigenvalue weighted by molar-refractivity contribution is 5.79.